The monoisotopic (exact) mass is 515 g/mol. The summed E-state index contributed by atoms with van der Waals surface area (Å²) in [6, 6.07) is 9.38. The molecule has 3 aromatic rings. The maximum Gasteiger partial charge on any atom is 0.320 e. The predicted octanol–water partition coefficient (Wildman–Crippen LogP) is 3.90. The number of hydrogen-bond donors (Lipinski definition) is 1. The normalized spacial score (nSPS) is 17.0. The first-order chi connectivity index (χ1) is 18.6. The third-order valence-corrected chi connectivity index (χ3v) is 7.76. The fourth-order valence-electron chi connectivity index (χ4n) is 5.69. The van der Waals surface area contributed by atoms with Crippen molar-refractivity contribution in [1.29, 1.82) is 0 Å². The van der Waals surface area contributed by atoms with Crippen LogP contribution in [0.25, 0.3) is 11.5 Å². The number of hydrogen-bond acceptors (Lipinski definition) is 6. The van der Waals surface area contributed by atoms with E-state index >= 15 is 0 Å². The second-order valence-corrected chi connectivity index (χ2v) is 10.2. The molecule has 2 aromatic heterocycles. The summed E-state index contributed by atoms with van der Waals surface area (Å²) < 4.78 is 7.70. The molecule has 6 rings (SSSR count). The number of pyridine rings is 1. The van der Waals surface area contributed by atoms with Crippen LogP contribution in [0.1, 0.15) is 59.4 Å². The van der Waals surface area contributed by atoms with Crippen LogP contribution in [0, 0.1) is 0 Å². The summed E-state index contributed by atoms with van der Waals surface area (Å²) in [7, 11) is 1.57. The van der Waals surface area contributed by atoms with E-state index in [1.54, 1.807) is 13.2 Å². The van der Waals surface area contributed by atoms with Gasteiger partial charge in [0.15, 0.2) is 5.82 Å². The van der Waals surface area contributed by atoms with E-state index in [-0.39, 0.29) is 11.9 Å². The summed E-state index contributed by atoms with van der Waals surface area (Å²) in [5.74, 6) is 2.34. The number of fused-ring (bicyclic) bond motifs is 2. The van der Waals surface area contributed by atoms with Crippen LogP contribution < -0.4 is 10.1 Å². The van der Waals surface area contributed by atoms with Gasteiger partial charge in [0.1, 0.15) is 23.1 Å². The lowest BCUT2D eigenvalue weighted by Gasteiger charge is -2.36. The largest absolute Gasteiger partial charge is 0.496 e. The minimum atomic E-state index is -0.308. The van der Waals surface area contributed by atoms with Crippen LogP contribution in [0.5, 0.6) is 5.75 Å². The number of methoxy groups -OCH3 is 1. The Morgan fingerprint density at radius 3 is 2.58 bits per heavy atom. The Hall–Kier alpha value is -3.95. The quantitative estimate of drug-likeness (QED) is 0.565. The van der Waals surface area contributed by atoms with Crippen LogP contribution in [0.15, 0.2) is 30.3 Å². The second-order valence-electron chi connectivity index (χ2n) is 10.2. The van der Waals surface area contributed by atoms with Gasteiger partial charge in [0.2, 0.25) is 0 Å². The van der Waals surface area contributed by atoms with E-state index in [0.717, 1.165) is 80.9 Å². The van der Waals surface area contributed by atoms with Crippen molar-refractivity contribution in [3.63, 3.8) is 0 Å². The number of nitrogens with zero attached hydrogens (tertiary/aromatic N) is 6. The van der Waals surface area contributed by atoms with Gasteiger partial charge in [-0.15, -0.1) is 10.2 Å². The van der Waals surface area contributed by atoms with Gasteiger partial charge in [0, 0.05) is 39.1 Å². The first-order valence-electron chi connectivity index (χ1n) is 13.5. The standard InChI is InChI=1S/C28H33N7O3/c1-38-23-17-19-11-15-34(28(37)33-12-4-2-5-13-33)18-20(19)16-21(23)27(36)30-24-9-7-8-22(29-24)26-32-31-25-10-3-6-14-35(25)26/h7-9,16-17H,2-6,10-15,18H2,1H3,(H,29,30,36). The summed E-state index contributed by atoms with van der Waals surface area (Å²) in [5, 5.41) is 11.6. The fraction of sp³-hybridized carbons (Fsp3) is 0.464. The zero-order valence-electron chi connectivity index (χ0n) is 21.8. The van der Waals surface area contributed by atoms with E-state index < -0.39 is 0 Å². The van der Waals surface area contributed by atoms with Gasteiger partial charge < -0.3 is 24.4 Å². The number of nitrogens with one attached hydrogen (secondary N) is 1. The van der Waals surface area contributed by atoms with Crippen LogP contribution in [-0.2, 0) is 25.9 Å². The smallest absolute Gasteiger partial charge is 0.320 e. The number of benzene rings is 1. The first-order valence-corrected chi connectivity index (χ1v) is 13.5. The minimum Gasteiger partial charge on any atom is -0.496 e. The average molecular weight is 516 g/mol. The highest BCUT2D eigenvalue weighted by Crippen LogP contribution is 2.30. The molecule has 10 heteroatoms. The summed E-state index contributed by atoms with van der Waals surface area (Å²) in [6.45, 7) is 3.67. The van der Waals surface area contributed by atoms with Crippen molar-refractivity contribution in [1.82, 2.24) is 29.5 Å². The maximum absolute atomic E-state index is 13.4. The Bertz CT molecular complexity index is 1360. The zero-order chi connectivity index (χ0) is 26.1. The maximum atomic E-state index is 13.4. The van der Waals surface area contributed by atoms with E-state index in [2.05, 4.69) is 25.1 Å². The lowest BCUT2D eigenvalue weighted by Crippen LogP contribution is -2.47. The van der Waals surface area contributed by atoms with E-state index in [9.17, 15) is 9.59 Å². The summed E-state index contributed by atoms with van der Waals surface area (Å²) >= 11 is 0. The van der Waals surface area contributed by atoms with E-state index in [4.69, 9.17) is 4.74 Å². The molecule has 3 aliphatic heterocycles. The summed E-state index contributed by atoms with van der Waals surface area (Å²) in [5.41, 5.74) is 3.18. The van der Waals surface area contributed by atoms with Crippen molar-refractivity contribution in [3.05, 3.63) is 52.8 Å². The topological polar surface area (TPSA) is 105 Å². The number of piperidine rings is 1. The molecule has 1 saturated heterocycles. The number of carbonyl (C=O) groups is 2. The average Bonchev–Trinajstić information content (AvgIpc) is 3.40. The van der Waals surface area contributed by atoms with E-state index in [0.29, 0.717) is 35.9 Å². The highest BCUT2D eigenvalue weighted by atomic mass is 16.5. The molecule has 0 radical (unpaired) electrons. The Balaban J connectivity index is 1.22. The summed E-state index contributed by atoms with van der Waals surface area (Å²) in [6.07, 6.45) is 7.17. The van der Waals surface area contributed by atoms with Crippen molar-refractivity contribution < 1.29 is 14.3 Å². The number of amides is 3. The van der Waals surface area contributed by atoms with Crippen LogP contribution in [0.3, 0.4) is 0 Å². The van der Waals surface area contributed by atoms with Gasteiger partial charge in [-0.25, -0.2) is 9.78 Å². The van der Waals surface area contributed by atoms with Gasteiger partial charge in [-0.1, -0.05) is 6.07 Å². The molecule has 3 amide bonds. The fourth-order valence-corrected chi connectivity index (χ4v) is 5.69. The number of rotatable bonds is 4. The van der Waals surface area contributed by atoms with Crippen LogP contribution in [-0.4, -0.2) is 68.2 Å². The second kappa shape index (κ2) is 10.4. The van der Waals surface area contributed by atoms with Crippen LogP contribution in [0.2, 0.25) is 0 Å². The molecule has 5 heterocycles. The Morgan fingerprint density at radius 1 is 0.895 bits per heavy atom. The molecule has 0 bridgehead atoms. The molecule has 1 fully saturated rings. The van der Waals surface area contributed by atoms with Crippen molar-refractivity contribution >= 4 is 17.8 Å². The highest BCUT2D eigenvalue weighted by Gasteiger charge is 2.28. The number of aromatic nitrogens is 4. The van der Waals surface area contributed by atoms with Crippen LogP contribution in [0.4, 0.5) is 10.6 Å². The molecule has 1 N–H and O–H groups in total. The Labute approximate surface area is 222 Å². The first kappa shape index (κ1) is 24.4. The van der Waals surface area contributed by atoms with E-state index in [1.165, 1.54) is 6.42 Å². The number of ether oxygens (including phenoxy) is 1. The molecule has 0 atom stereocenters. The number of aryl methyl sites for hydroxylation is 1. The van der Waals surface area contributed by atoms with E-state index in [1.807, 2.05) is 34.1 Å². The minimum absolute atomic E-state index is 0.0915. The SMILES string of the molecule is COc1cc2c(cc1C(=O)Nc1cccc(-c3nnc4n3CCCC4)n1)CN(C(=O)N1CCCCC1)CC2. The third-order valence-electron chi connectivity index (χ3n) is 7.76. The molecular formula is C28H33N7O3. The lowest BCUT2D eigenvalue weighted by molar-refractivity contribution is 0.102. The lowest BCUT2D eigenvalue weighted by atomic mass is 9.96. The highest BCUT2D eigenvalue weighted by molar-refractivity contribution is 6.06. The number of likely N-dealkylation sites (tertiary alicyclic amines) is 1. The van der Waals surface area contributed by atoms with Crippen molar-refractivity contribution in [2.45, 2.75) is 58.0 Å². The number of urea groups is 1. The number of anilines is 1. The van der Waals surface area contributed by atoms with Gasteiger partial charge in [0.25, 0.3) is 5.91 Å². The van der Waals surface area contributed by atoms with Gasteiger partial charge in [-0.3, -0.25) is 4.79 Å². The van der Waals surface area contributed by atoms with Gasteiger partial charge in [-0.05, 0) is 73.9 Å². The van der Waals surface area contributed by atoms with Gasteiger partial charge in [-0.2, -0.15) is 0 Å². The third kappa shape index (κ3) is 4.70. The molecule has 1 aromatic carbocycles. The molecule has 0 saturated carbocycles. The van der Waals surface area contributed by atoms with Gasteiger partial charge in [0.05, 0.1) is 12.7 Å². The molecule has 198 valence electrons. The van der Waals surface area contributed by atoms with Crippen LogP contribution >= 0.6 is 0 Å². The summed E-state index contributed by atoms with van der Waals surface area (Å²) in [4.78, 5) is 35.0. The van der Waals surface area contributed by atoms with Gasteiger partial charge >= 0.3 is 6.03 Å². The zero-order valence-corrected chi connectivity index (χ0v) is 21.8. The molecule has 38 heavy (non-hydrogen) atoms. The Morgan fingerprint density at radius 2 is 1.74 bits per heavy atom. The molecule has 0 spiro atoms. The molecule has 0 unspecified atom stereocenters. The molecule has 3 aliphatic rings. The predicted molar refractivity (Wildman–Crippen MR) is 142 cm³/mol. The molecule has 0 aliphatic carbocycles. The molecular weight excluding hydrogens is 482 g/mol. The van der Waals surface area contributed by atoms with Crippen molar-refractivity contribution in [2.75, 3.05) is 32.1 Å². The molecule has 10 nitrogen and oxygen atoms in total. The number of carbonyl (C=O) groups excluding carboxylic acids is 2. The van der Waals surface area contributed by atoms with Crippen molar-refractivity contribution in [2.24, 2.45) is 0 Å². The Kier molecular flexibility index (Phi) is 6.70. The van der Waals surface area contributed by atoms with Crippen molar-refractivity contribution in [3.8, 4) is 17.3 Å².